The van der Waals surface area contributed by atoms with Crippen LogP contribution in [-0.4, -0.2) is 22.0 Å². The first-order valence-corrected chi connectivity index (χ1v) is 5.78. The van der Waals surface area contributed by atoms with Crippen LogP contribution in [0.15, 0.2) is 36.7 Å². The monoisotopic (exact) mass is 244 g/mol. The number of benzene rings is 1. The zero-order valence-corrected chi connectivity index (χ0v) is 10.3. The van der Waals surface area contributed by atoms with Crippen molar-refractivity contribution in [2.75, 3.05) is 11.9 Å². The molecule has 1 aromatic carbocycles. The maximum atomic E-state index is 11.0. The molecule has 0 bridgehead atoms. The maximum Gasteiger partial charge on any atom is 0.248 e. The van der Waals surface area contributed by atoms with Crippen LogP contribution in [0.5, 0.6) is 0 Å². The molecule has 0 fully saturated rings. The third-order valence-corrected chi connectivity index (χ3v) is 2.75. The Morgan fingerprint density at radius 2 is 2.33 bits per heavy atom. The van der Waals surface area contributed by atoms with Crippen molar-refractivity contribution >= 4 is 11.6 Å². The molecular formula is C13H16N4O. The molecule has 0 aliphatic heterocycles. The molecule has 0 saturated carbocycles. The van der Waals surface area contributed by atoms with Gasteiger partial charge in [0.2, 0.25) is 5.91 Å². The van der Waals surface area contributed by atoms with Gasteiger partial charge in [0, 0.05) is 36.7 Å². The van der Waals surface area contributed by atoms with Gasteiger partial charge in [-0.05, 0) is 25.1 Å². The van der Waals surface area contributed by atoms with Crippen molar-refractivity contribution < 1.29 is 4.79 Å². The molecule has 5 nitrogen and oxygen atoms in total. The predicted octanol–water partition coefficient (Wildman–Crippen LogP) is 1.40. The van der Waals surface area contributed by atoms with Gasteiger partial charge in [0.15, 0.2) is 0 Å². The van der Waals surface area contributed by atoms with Crippen LogP contribution in [0.25, 0.3) is 0 Å². The zero-order valence-electron chi connectivity index (χ0n) is 10.3. The van der Waals surface area contributed by atoms with E-state index in [2.05, 4.69) is 14.9 Å². The number of nitrogens with zero attached hydrogens (tertiary/aromatic N) is 2. The van der Waals surface area contributed by atoms with Crippen molar-refractivity contribution in [2.24, 2.45) is 5.73 Å². The Morgan fingerprint density at radius 3 is 3.00 bits per heavy atom. The minimum absolute atomic E-state index is 0.413. The van der Waals surface area contributed by atoms with Gasteiger partial charge >= 0.3 is 0 Å². The lowest BCUT2D eigenvalue weighted by Crippen LogP contribution is -2.13. The lowest BCUT2D eigenvalue weighted by Gasteiger charge is -2.09. The standard InChI is InChI=1S/C13H16N4O/c1-10-15-5-7-17(10)8-6-16-12-4-2-3-11(9-12)13(14)18/h2-5,7,9,16H,6,8H2,1H3,(H2,14,18). The highest BCUT2D eigenvalue weighted by atomic mass is 16.1. The Hall–Kier alpha value is -2.30. The average molecular weight is 244 g/mol. The molecule has 0 radical (unpaired) electrons. The summed E-state index contributed by atoms with van der Waals surface area (Å²) >= 11 is 0. The number of imidazole rings is 1. The van der Waals surface area contributed by atoms with Gasteiger partial charge in [-0.25, -0.2) is 4.98 Å². The van der Waals surface area contributed by atoms with Crippen molar-refractivity contribution in [3.8, 4) is 0 Å². The smallest absolute Gasteiger partial charge is 0.248 e. The number of carbonyl (C=O) groups is 1. The first-order chi connectivity index (χ1) is 8.66. The maximum absolute atomic E-state index is 11.0. The molecule has 0 atom stereocenters. The van der Waals surface area contributed by atoms with Gasteiger partial charge in [0.1, 0.15) is 5.82 Å². The van der Waals surface area contributed by atoms with E-state index >= 15 is 0 Å². The second kappa shape index (κ2) is 5.35. The third kappa shape index (κ3) is 2.88. The quantitative estimate of drug-likeness (QED) is 0.835. The molecule has 0 spiro atoms. The summed E-state index contributed by atoms with van der Waals surface area (Å²) in [4.78, 5) is 15.2. The molecule has 0 aliphatic carbocycles. The summed E-state index contributed by atoms with van der Waals surface area (Å²) in [5.41, 5.74) is 6.63. The minimum atomic E-state index is -0.413. The Balaban J connectivity index is 1.92. The molecule has 1 aromatic heterocycles. The lowest BCUT2D eigenvalue weighted by molar-refractivity contribution is 0.100. The summed E-state index contributed by atoms with van der Waals surface area (Å²) in [7, 11) is 0. The van der Waals surface area contributed by atoms with Crippen molar-refractivity contribution in [3.63, 3.8) is 0 Å². The number of anilines is 1. The molecule has 18 heavy (non-hydrogen) atoms. The van der Waals surface area contributed by atoms with E-state index in [0.717, 1.165) is 24.6 Å². The average Bonchev–Trinajstić information content (AvgIpc) is 2.76. The van der Waals surface area contributed by atoms with Gasteiger partial charge in [-0.3, -0.25) is 4.79 Å². The second-order valence-corrected chi connectivity index (χ2v) is 4.04. The van der Waals surface area contributed by atoms with E-state index in [-0.39, 0.29) is 0 Å². The summed E-state index contributed by atoms with van der Waals surface area (Å²) in [5, 5.41) is 3.25. The van der Waals surface area contributed by atoms with Crippen LogP contribution >= 0.6 is 0 Å². The molecule has 2 rings (SSSR count). The molecule has 1 heterocycles. The topological polar surface area (TPSA) is 72.9 Å². The Kier molecular flexibility index (Phi) is 3.62. The SMILES string of the molecule is Cc1nccn1CCNc1cccc(C(N)=O)c1. The number of primary amides is 1. The van der Waals surface area contributed by atoms with E-state index in [4.69, 9.17) is 5.73 Å². The number of rotatable bonds is 5. The van der Waals surface area contributed by atoms with Crippen molar-refractivity contribution in [3.05, 3.63) is 48.0 Å². The van der Waals surface area contributed by atoms with Gasteiger partial charge in [0.25, 0.3) is 0 Å². The molecule has 0 aliphatic rings. The van der Waals surface area contributed by atoms with Gasteiger partial charge < -0.3 is 15.6 Å². The predicted molar refractivity (Wildman–Crippen MR) is 70.4 cm³/mol. The first-order valence-electron chi connectivity index (χ1n) is 5.78. The van der Waals surface area contributed by atoms with E-state index in [9.17, 15) is 4.79 Å². The molecular weight excluding hydrogens is 228 g/mol. The highest BCUT2D eigenvalue weighted by Gasteiger charge is 2.01. The molecule has 0 unspecified atom stereocenters. The fraction of sp³-hybridized carbons (Fsp3) is 0.231. The Bertz CT molecular complexity index is 547. The number of aromatic nitrogens is 2. The van der Waals surface area contributed by atoms with Crippen LogP contribution in [-0.2, 0) is 6.54 Å². The van der Waals surface area contributed by atoms with E-state index < -0.39 is 5.91 Å². The molecule has 94 valence electrons. The summed E-state index contributed by atoms with van der Waals surface area (Å²) in [6.45, 7) is 3.56. The number of aryl methyl sites for hydroxylation is 1. The number of carbonyl (C=O) groups excluding carboxylic acids is 1. The van der Waals surface area contributed by atoms with Crippen molar-refractivity contribution in [1.29, 1.82) is 0 Å². The normalized spacial score (nSPS) is 10.3. The molecule has 5 heteroatoms. The molecule has 2 aromatic rings. The van der Waals surface area contributed by atoms with E-state index in [1.807, 2.05) is 25.3 Å². The minimum Gasteiger partial charge on any atom is -0.383 e. The fourth-order valence-corrected chi connectivity index (χ4v) is 1.74. The van der Waals surface area contributed by atoms with Crippen LogP contribution in [0.1, 0.15) is 16.2 Å². The van der Waals surface area contributed by atoms with Crippen LogP contribution < -0.4 is 11.1 Å². The fourth-order valence-electron chi connectivity index (χ4n) is 1.74. The van der Waals surface area contributed by atoms with E-state index in [0.29, 0.717) is 5.56 Å². The summed E-state index contributed by atoms with van der Waals surface area (Å²) < 4.78 is 2.06. The number of amides is 1. The van der Waals surface area contributed by atoms with Gasteiger partial charge in [-0.2, -0.15) is 0 Å². The van der Waals surface area contributed by atoms with E-state index in [1.165, 1.54) is 0 Å². The van der Waals surface area contributed by atoms with Crippen molar-refractivity contribution in [2.45, 2.75) is 13.5 Å². The molecule has 3 N–H and O–H groups in total. The summed E-state index contributed by atoms with van der Waals surface area (Å²) in [6.07, 6.45) is 3.72. The zero-order chi connectivity index (χ0) is 13.0. The number of hydrogen-bond donors (Lipinski definition) is 2. The number of nitrogens with one attached hydrogen (secondary N) is 1. The highest BCUT2D eigenvalue weighted by molar-refractivity contribution is 5.93. The van der Waals surface area contributed by atoms with Crippen LogP contribution in [0.2, 0.25) is 0 Å². The third-order valence-electron chi connectivity index (χ3n) is 2.75. The van der Waals surface area contributed by atoms with Crippen LogP contribution in [0.3, 0.4) is 0 Å². The highest BCUT2D eigenvalue weighted by Crippen LogP contribution is 2.09. The molecule has 0 saturated heterocycles. The lowest BCUT2D eigenvalue weighted by atomic mass is 10.2. The first kappa shape index (κ1) is 12.2. The van der Waals surface area contributed by atoms with Crippen molar-refractivity contribution in [1.82, 2.24) is 9.55 Å². The largest absolute Gasteiger partial charge is 0.383 e. The van der Waals surface area contributed by atoms with Gasteiger partial charge in [0.05, 0.1) is 0 Å². The van der Waals surface area contributed by atoms with E-state index in [1.54, 1.807) is 18.3 Å². The Morgan fingerprint density at radius 1 is 1.50 bits per heavy atom. The van der Waals surface area contributed by atoms with Crippen LogP contribution in [0, 0.1) is 6.92 Å². The number of nitrogens with two attached hydrogens (primary N) is 1. The van der Waals surface area contributed by atoms with Gasteiger partial charge in [-0.1, -0.05) is 6.07 Å². The number of hydrogen-bond acceptors (Lipinski definition) is 3. The summed E-state index contributed by atoms with van der Waals surface area (Å²) in [6, 6.07) is 7.18. The van der Waals surface area contributed by atoms with Crippen LogP contribution in [0.4, 0.5) is 5.69 Å². The summed E-state index contributed by atoms with van der Waals surface area (Å²) in [5.74, 6) is 0.576. The Labute approximate surface area is 106 Å². The van der Waals surface area contributed by atoms with Gasteiger partial charge in [-0.15, -0.1) is 0 Å². The molecule has 1 amide bonds. The second-order valence-electron chi connectivity index (χ2n) is 4.04.